The van der Waals surface area contributed by atoms with Crippen molar-refractivity contribution in [3.8, 4) is 0 Å². The number of ether oxygens (including phenoxy) is 1. The average Bonchev–Trinajstić information content (AvgIpc) is 2.16. The molecule has 0 spiro atoms. The zero-order valence-electron chi connectivity index (χ0n) is 9.32. The first-order valence-electron chi connectivity index (χ1n) is 5.63. The van der Waals surface area contributed by atoms with E-state index in [1.54, 1.807) is 6.92 Å². The Morgan fingerprint density at radius 1 is 1.60 bits per heavy atom. The third-order valence-corrected chi connectivity index (χ3v) is 3.60. The number of esters is 1. The Hall–Kier alpha value is -0.830. The van der Waals surface area contributed by atoms with Gasteiger partial charge in [-0.05, 0) is 38.0 Å². The Morgan fingerprint density at radius 2 is 2.33 bits per heavy atom. The standard InChI is InChI=1S/C12H18O3/c1-8-6-9-4-3-5-15-11(13)10(7-8)12(9,2)14/h7-9,14H,3-6H2,1-2H3/t8?,9?,12-/m0/s1. The minimum Gasteiger partial charge on any atom is -0.462 e. The van der Waals surface area contributed by atoms with Crippen LogP contribution in [0.5, 0.6) is 0 Å². The fourth-order valence-electron chi connectivity index (χ4n) is 2.67. The van der Waals surface area contributed by atoms with Gasteiger partial charge in [-0.1, -0.05) is 13.0 Å². The minimum absolute atomic E-state index is 0.195. The highest BCUT2D eigenvalue weighted by Gasteiger charge is 2.43. The summed E-state index contributed by atoms with van der Waals surface area (Å²) in [5.41, 5.74) is -0.532. The van der Waals surface area contributed by atoms with E-state index in [0.29, 0.717) is 18.1 Å². The molecule has 3 nitrogen and oxygen atoms in total. The predicted molar refractivity (Wildman–Crippen MR) is 56.2 cm³/mol. The zero-order chi connectivity index (χ0) is 11.1. The number of hydrogen-bond donors (Lipinski definition) is 1. The summed E-state index contributed by atoms with van der Waals surface area (Å²) in [7, 11) is 0. The highest BCUT2D eigenvalue weighted by molar-refractivity contribution is 5.91. The van der Waals surface area contributed by atoms with Gasteiger partial charge in [0.15, 0.2) is 0 Å². The molecular weight excluding hydrogens is 192 g/mol. The summed E-state index contributed by atoms with van der Waals surface area (Å²) in [4.78, 5) is 11.7. The van der Waals surface area contributed by atoms with E-state index < -0.39 is 5.60 Å². The molecular formula is C12H18O3. The van der Waals surface area contributed by atoms with E-state index in [4.69, 9.17) is 4.74 Å². The topological polar surface area (TPSA) is 46.5 Å². The summed E-state index contributed by atoms with van der Waals surface area (Å²) in [6.45, 7) is 4.30. The summed E-state index contributed by atoms with van der Waals surface area (Å²) in [5, 5.41) is 10.4. The number of rotatable bonds is 0. The van der Waals surface area contributed by atoms with Crippen LogP contribution in [0.3, 0.4) is 0 Å². The van der Waals surface area contributed by atoms with Crippen molar-refractivity contribution in [2.45, 2.75) is 38.7 Å². The Morgan fingerprint density at radius 3 is 3.07 bits per heavy atom. The zero-order valence-corrected chi connectivity index (χ0v) is 9.32. The van der Waals surface area contributed by atoms with E-state index in [1.165, 1.54) is 0 Å². The van der Waals surface area contributed by atoms with Crippen LogP contribution in [-0.2, 0) is 9.53 Å². The molecule has 0 radical (unpaired) electrons. The van der Waals surface area contributed by atoms with Crippen LogP contribution in [0.4, 0.5) is 0 Å². The van der Waals surface area contributed by atoms with Crippen molar-refractivity contribution in [3.05, 3.63) is 11.6 Å². The van der Waals surface area contributed by atoms with Crippen LogP contribution in [0.15, 0.2) is 11.6 Å². The molecule has 1 aliphatic heterocycles. The van der Waals surface area contributed by atoms with Crippen molar-refractivity contribution >= 4 is 5.97 Å². The molecule has 0 aromatic rings. The molecule has 1 N–H and O–H groups in total. The normalized spacial score (nSPS) is 41.3. The molecule has 1 saturated heterocycles. The first-order valence-corrected chi connectivity index (χ1v) is 5.63. The molecule has 84 valence electrons. The molecule has 0 saturated carbocycles. The van der Waals surface area contributed by atoms with Crippen LogP contribution in [0.25, 0.3) is 0 Å². The second-order valence-electron chi connectivity index (χ2n) is 4.92. The fourth-order valence-corrected chi connectivity index (χ4v) is 2.67. The third kappa shape index (κ3) is 1.81. The van der Waals surface area contributed by atoms with Gasteiger partial charge in [0.05, 0.1) is 17.8 Å². The Labute approximate surface area is 90.1 Å². The Balaban J connectivity index is 2.39. The molecule has 2 unspecified atom stereocenters. The van der Waals surface area contributed by atoms with Crippen LogP contribution in [0.2, 0.25) is 0 Å². The molecule has 15 heavy (non-hydrogen) atoms. The Kier molecular flexibility index (Phi) is 2.59. The second-order valence-corrected chi connectivity index (χ2v) is 4.92. The molecule has 0 amide bonds. The number of hydrogen-bond acceptors (Lipinski definition) is 3. The van der Waals surface area contributed by atoms with Crippen molar-refractivity contribution in [2.24, 2.45) is 11.8 Å². The summed E-state index contributed by atoms with van der Waals surface area (Å²) < 4.78 is 5.09. The molecule has 2 rings (SSSR count). The number of aliphatic hydroxyl groups is 1. The summed E-state index contributed by atoms with van der Waals surface area (Å²) >= 11 is 0. The fraction of sp³-hybridized carbons (Fsp3) is 0.750. The van der Waals surface area contributed by atoms with Gasteiger partial charge in [0.2, 0.25) is 0 Å². The molecule has 2 bridgehead atoms. The number of allylic oxidation sites excluding steroid dienone is 1. The Bertz CT molecular complexity index is 304. The van der Waals surface area contributed by atoms with Crippen LogP contribution < -0.4 is 0 Å². The number of carbonyl (C=O) groups is 1. The largest absolute Gasteiger partial charge is 0.462 e. The summed E-state index contributed by atoms with van der Waals surface area (Å²) in [6, 6.07) is 0. The van der Waals surface area contributed by atoms with Gasteiger partial charge in [0, 0.05) is 0 Å². The monoisotopic (exact) mass is 210 g/mol. The second kappa shape index (κ2) is 3.63. The van der Waals surface area contributed by atoms with Gasteiger partial charge in [-0.25, -0.2) is 4.79 Å². The van der Waals surface area contributed by atoms with Crippen LogP contribution >= 0.6 is 0 Å². The highest BCUT2D eigenvalue weighted by atomic mass is 16.5. The predicted octanol–water partition coefficient (Wildman–Crippen LogP) is 1.66. The van der Waals surface area contributed by atoms with E-state index in [9.17, 15) is 9.90 Å². The molecule has 3 atom stereocenters. The van der Waals surface area contributed by atoms with Crippen LogP contribution in [-0.4, -0.2) is 23.3 Å². The van der Waals surface area contributed by atoms with Crippen molar-refractivity contribution in [1.29, 1.82) is 0 Å². The van der Waals surface area contributed by atoms with Gasteiger partial charge in [-0.2, -0.15) is 0 Å². The van der Waals surface area contributed by atoms with Crippen molar-refractivity contribution in [1.82, 2.24) is 0 Å². The minimum atomic E-state index is -0.996. The van der Waals surface area contributed by atoms with Gasteiger partial charge >= 0.3 is 5.97 Å². The van der Waals surface area contributed by atoms with Gasteiger partial charge in [-0.3, -0.25) is 0 Å². The van der Waals surface area contributed by atoms with Crippen molar-refractivity contribution in [2.75, 3.05) is 6.61 Å². The lowest BCUT2D eigenvalue weighted by Crippen LogP contribution is -2.45. The van der Waals surface area contributed by atoms with Gasteiger partial charge in [0.1, 0.15) is 0 Å². The molecule has 2 aliphatic rings. The SMILES string of the molecule is CC1C=C2C(=O)OCCCC(C1)[C@]2(C)O. The van der Waals surface area contributed by atoms with Gasteiger partial charge in [-0.15, -0.1) is 0 Å². The summed E-state index contributed by atoms with van der Waals surface area (Å²) in [5.74, 6) is 0.215. The van der Waals surface area contributed by atoms with Gasteiger partial charge in [0.25, 0.3) is 0 Å². The maximum absolute atomic E-state index is 11.7. The number of cyclic esters (lactones) is 1. The number of fused-ring (bicyclic) bond motifs is 2. The maximum Gasteiger partial charge on any atom is 0.336 e. The smallest absolute Gasteiger partial charge is 0.336 e. The van der Waals surface area contributed by atoms with E-state index >= 15 is 0 Å². The molecule has 1 heterocycles. The highest BCUT2D eigenvalue weighted by Crippen LogP contribution is 2.40. The van der Waals surface area contributed by atoms with E-state index in [0.717, 1.165) is 19.3 Å². The lowest BCUT2D eigenvalue weighted by Gasteiger charge is -2.40. The first-order chi connectivity index (χ1) is 7.01. The van der Waals surface area contributed by atoms with Crippen LogP contribution in [0, 0.1) is 11.8 Å². The van der Waals surface area contributed by atoms with E-state index in [1.807, 2.05) is 6.08 Å². The lowest BCUT2D eigenvalue weighted by molar-refractivity contribution is -0.145. The van der Waals surface area contributed by atoms with E-state index in [-0.39, 0.29) is 11.9 Å². The molecule has 3 heteroatoms. The average molecular weight is 210 g/mol. The molecule has 1 fully saturated rings. The maximum atomic E-state index is 11.7. The summed E-state index contributed by atoms with van der Waals surface area (Å²) in [6.07, 6.45) is 4.61. The quantitative estimate of drug-likeness (QED) is 0.618. The van der Waals surface area contributed by atoms with E-state index in [2.05, 4.69) is 6.92 Å². The molecule has 1 aliphatic carbocycles. The van der Waals surface area contributed by atoms with Crippen molar-refractivity contribution < 1.29 is 14.6 Å². The van der Waals surface area contributed by atoms with Gasteiger partial charge < -0.3 is 9.84 Å². The third-order valence-electron chi connectivity index (χ3n) is 3.60. The molecule has 0 aromatic carbocycles. The number of carbonyl (C=O) groups excluding carboxylic acids is 1. The van der Waals surface area contributed by atoms with Crippen LogP contribution in [0.1, 0.15) is 33.1 Å². The first kappa shape index (κ1) is 10.7. The molecule has 0 aromatic heterocycles. The van der Waals surface area contributed by atoms with Crippen molar-refractivity contribution in [3.63, 3.8) is 0 Å². The lowest BCUT2D eigenvalue weighted by atomic mass is 9.70.